The van der Waals surface area contributed by atoms with Crippen molar-refractivity contribution in [2.24, 2.45) is 5.73 Å². The van der Waals surface area contributed by atoms with E-state index >= 15 is 0 Å². The van der Waals surface area contributed by atoms with E-state index in [-0.39, 0.29) is 12.5 Å². The quantitative estimate of drug-likeness (QED) is 0.794. The number of nitrogens with one attached hydrogen (secondary N) is 1. The smallest absolute Gasteiger partial charge is 0.239 e. The molecule has 0 saturated heterocycles. The first-order chi connectivity index (χ1) is 9.38. The molecule has 0 aromatic carbocycles. The Morgan fingerprint density at radius 3 is 2.75 bits per heavy atom. The van der Waals surface area contributed by atoms with Gasteiger partial charge in [0.05, 0.1) is 12.1 Å². The minimum absolute atomic E-state index is 0.00449. The van der Waals surface area contributed by atoms with Crippen LogP contribution in [0.15, 0.2) is 6.07 Å². The topological polar surface area (TPSA) is 71.2 Å². The Balaban J connectivity index is 2.20. The van der Waals surface area contributed by atoms with E-state index in [4.69, 9.17) is 18.0 Å². The van der Waals surface area contributed by atoms with Crippen molar-refractivity contribution >= 4 is 28.9 Å². The molecule has 1 fully saturated rings. The molecule has 0 unspecified atom stereocenters. The van der Waals surface area contributed by atoms with E-state index in [0.29, 0.717) is 16.8 Å². The third-order valence-electron chi connectivity index (χ3n) is 3.26. The van der Waals surface area contributed by atoms with Crippen LogP contribution in [0.5, 0.6) is 0 Å². The summed E-state index contributed by atoms with van der Waals surface area (Å²) < 4.78 is 0. The van der Waals surface area contributed by atoms with Gasteiger partial charge in [-0.3, -0.25) is 4.79 Å². The van der Waals surface area contributed by atoms with Gasteiger partial charge in [-0.25, -0.2) is 4.98 Å². The van der Waals surface area contributed by atoms with Gasteiger partial charge in [-0.05, 0) is 38.3 Å². The van der Waals surface area contributed by atoms with Crippen LogP contribution in [0, 0.1) is 13.8 Å². The normalized spacial score (nSPS) is 13.9. The molecular formula is C14H20N4OS. The predicted molar refractivity (Wildman–Crippen MR) is 84.0 cm³/mol. The minimum Gasteiger partial charge on any atom is -0.389 e. The Bertz CT molecular complexity index is 554. The van der Waals surface area contributed by atoms with Crippen molar-refractivity contribution in [3.8, 4) is 0 Å². The molecule has 3 N–H and O–H groups in total. The first-order valence-corrected chi connectivity index (χ1v) is 7.08. The number of pyridine rings is 1. The second-order valence-electron chi connectivity index (χ2n) is 5.34. The molecule has 1 aliphatic carbocycles. The van der Waals surface area contributed by atoms with Crippen molar-refractivity contribution in [1.82, 2.24) is 10.3 Å². The van der Waals surface area contributed by atoms with E-state index < -0.39 is 0 Å². The maximum Gasteiger partial charge on any atom is 0.239 e. The number of nitrogens with zero attached hydrogens (tertiary/aromatic N) is 2. The average molecular weight is 292 g/mol. The number of aryl methyl sites for hydroxylation is 2. The highest BCUT2D eigenvalue weighted by Crippen LogP contribution is 2.22. The van der Waals surface area contributed by atoms with Crippen LogP contribution in [-0.2, 0) is 4.79 Å². The molecule has 0 radical (unpaired) electrons. The zero-order chi connectivity index (χ0) is 14.9. The third-order valence-corrected chi connectivity index (χ3v) is 3.46. The second-order valence-corrected chi connectivity index (χ2v) is 5.78. The average Bonchev–Trinajstić information content (AvgIpc) is 3.10. The Morgan fingerprint density at radius 2 is 2.20 bits per heavy atom. The monoisotopic (exact) mass is 292 g/mol. The fraction of sp³-hybridized carbons (Fsp3) is 0.500. The summed E-state index contributed by atoms with van der Waals surface area (Å²) in [5, 5.41) is 2.96. The molecule has 5 nitrogen and oxygen atoms in total. The summed E-state index contributed by atoms with van der Waals surface area (Å²) in [6, 6.07) is 2.30. The lowest BCUT2D eigenvalue weighted by molar-refractivity contribution is -0.119. The number of aromatic nitrogens is 1. The zero-order valence-electron chi connectivity index (χ0n) is 12.1. The Hall–Kier alpha value is -1.69. The van der Waals surface area contributed by atoms with Crippen molar-refractivity contribution in [1.29, 1.82) is 0 Å². The van der Waals surface area contributed by atoms with E-state index in [1.807, 2.05) is 27.0 Å². The zero-order valence-corrected chi connectivity index (χ0v) is 12.9. The van der Waals surface area contributed by atoms with Crippen LogP contribution in [0.3, 0.4) is 0 Å². The fourth-order valence-electron chi connectivity index (χ4n) is 2.19. The fourth-order valence-corrected chi connectivity index (χ4v) is 2.44. The van der Waals surface area contributed by atoms with Gasteiger partial charge in [0.25, 0.3) is 0 Å². The van der Waals surface area contributed by atoms with Crippen LogP contribution in [0.25, 0.3) is 0 Å². The van der Waals surface area contributed by atoms with Crippen LogP contribution >= 0.6 is 12.2 Å². The van der Waals surface area contributed by atoms with E-state index in [9.17, 15) is 4.79 Å². The van der Waals surface area contributed by atoms with E-state index in [1.54, 1.807) is 4.90 Å². The van der Waals surface area contributed by atoms with Crippen LogP contribution in [0.4, 0.5) is 5.82 Å². The minimum atomic E-state index is 0.00449. The predicted octanol–water partition coefficient (Wildman–Crippen LogP) is 1.05. The van der Waals surface area contributed by atoms with E-state index in [2.05, 4.69) is 10.3 Å². The van der Waals surface area contributed by atoms with Crippen LogP contribution < -0.4 is 16.0 Å². The Labute approximate surface area is 124 Å². The van der Waals surface area contributed by atoms with Gasteiger partial charge in [-0.15, -0.1) is 0 Å². The molecule has 20 heavy (non-hydrogen) atoms. The Morgan fingerprint density at radius 1 is 1.55 bits per heavy atom. The standard InChI is InChI=1S/C14H20N4OS/c1-8-6-9(2)16-14(12(8)13(15)20)18(3)7-11(19)17-10-4-5-10/h6,10H,4-5,7H2,1-3H3,(H2,15,20)(H,17,19). The summed E-state index contributed by atoms with van der Waals surface area (Å²) in [5.74, 6) is 0.672. The molecule has 0 atom stereocenters. The second kappa shape index (κ2) is 5.75. The van der Waals surface area contributed by atoms with E-state index in [1.165, 1.54) is 0 Å². The number of nitrogens with two attached hydrogens (primary N) is 1. The first-order valence-electron chi connectivity index (χ1n) is 6.67. The molecule has 1 aromatic heterocycles. The molecule has 1 amide bonds. The van der Waals surface area contributed by atoms with Crippen molar-refractivity contribution in [2.45, 2.75) is 32.7 Å². The number of rotatable bonds is 5. The number of amides is 1. The first kappa shape index (κ1) is 14.7. The largest absolute Gasteiger partial charge is 0.389 e. The summed E-state index contributed by atoms with van der Waals surface area (Å²) in [4.78, 5) is 18.5. The molecule has 1 saturated carbocycles. The summed E-state index contributed by atoms with van der Waals surface area (Å²) >= 11 is 5.10. The number of carbonyl (C=O) groups excluding carboxylic acids is 1. The van der Waals surface area contributed by atoms with Crippen molar-refractivity contribution < 1.29 is 4.79 Å². The molecule has 2 rings (SSSR count). The Kier molecular flexibility index (Phi) is 4.23. The lowest BCUT2D eigenvalue weighted by atomic mass is 10.1. The molecule has 6 heteroatoms. The maximum absolute atomic E-state index is 11.9. The maximum atomic E-state index is 11.9. The van der Waals surface area contributed by atoms with Gasteiger partial charge in [0, 0.05) is 18.8 Å². The lowest BCUT2D eigenvalue weighted by Crippen LogP contribution is -2.37. The highest BCUT2D eigenvalue weighted by molar-refractivity contribution is 7.80. The summed E-state index contributed by atoms with van der Waals surface area (Å²) in [6.45, 7) is 4.12. The number of likely N-dealkylation sites (N-methyl/N-ethyl adjacent to an activating group) is 1. The van der Waals surface area contributed by atoms with Gasteiger partial charge in [0.1, 0.15) is 10.8 Å². The number of thiocarbonyl (C=S) groups is 1. The molecule has 1 aromatic rings. The van der Waals surface area contributed by atoms with Crippen LogP contribution in [-0.4, -0.2) is 35.5 Å². The summed E-state index contributed by atoms with van der Waals surface area (Å²) in [6.07, 6.45) is 2.16. The number of anilines is 1. The van der Waals surface area contributed by atoms with Gasteiger partial charge in [0.2, 0.25) is 5.91 Å². The molecule has 1 aliphatic rings. The summed E-state index contributed by atoms with van der Waals surface area (Å²) in [7, 11) is 1.83. The molecule has 108 valence electrons. The lowest BCUT2D eigenvalue weighted by Gasteiger charge is -2.22. The number of hydrogen-bond acceptors (Lipinski definition) is 4. The van der Waals surface area contributed by atoms with Crippen molar-refractivity contribution in [2.75, 3.05) is 18.5 Å². The van der Waals surface area contributed by atoms with Gasteiger partial charge in [-0.1, -0.05) is 12.2 Å². The summed E-state index contributed by atoms with van der Waals surface area (Å²) in [5.41, 5.74) is 8.39. The van der Waals surface area contributed by atoms with E-state index in [0.717, 1.165) is 29.7 Å². The van der Waals surface area contributed by atoms with Gasteiger partial charge < -0.3 is 16.0 Å². The highest BCUT2D eigenvalue weighted by Gasteiger charge is 2.24. The highest BCUT2D eigenvalue weighted by atomic mass is 32.1. The molecule has 1 heterocycles. The van der Waals surface area contributed by atoms with Crippen molar-refractivity contribution in [3.63, 3.8) is 0 Å². The molecule has 0 spiro atoms. The molecular weight excluding hydrogens is 272 g/mol. The third kappa shape index (κ3) is 3.45. The molecule has 0 bridgehead atoms. The van der Waals surface area contributed by atoms with Gasteiger partial charge in [-0.2, -0.15) is 0 Å². The van der Waals surface area contributed by atoms with Gasteiger partial charge in [0.15, 0.2) is 0 Å². The van der Waals surface area contributed by atoms with Gasteiger partial charge >= 0.3 is 0 Å². The number of carbonyl (C=O) groups is 1. The molecule has 0 aliphatic heterocycles. The SMILES string of the molecule is Cc1cc(C)c(C(N)=S)c(N(C)CC(=O)NC2CC2)n1. The van der Waals surface area contributed by atoms with Crippen molar-refractivity contribution in [3.05, 3.63) is 22.9 Å². The van der Waals surface area contributed by atoms with Crippen LogP contribution in [0.2, 0.25) is 0 Å². The van der Waals surface area contributed by atoms with Crippen LogP contribution in [0.1, 0.15) is 29.7 Å². The number of hydrogen-bond donors (Lipinski definition) is 2.